The molecule has 0 N–H and O–H groups in total. The Labute approximate surface area is 115 Å². The average Bonchev–Trinajstić information content (AvgIpc) is 2.65. The number of rotatable bonds is 2. The molecule has 0 aromatic heterocycles. The van der Waals surface area contributed by atoms with E-state index in [0.29, 0.717) is 11.8 Å². The number of halogens is 1. The van der Waals surface area contributed by atoms with Gasteiger partial charge in [0, 0.05) is 10.5 Å². The smallest absolute Gasteiger partial charge is 0.233 e. The first-order chi connectivity index (χ1) is 8.15. The van der Waals surface area contributed by atoms with Crippen molar-refractivity contribution in [3.05, 3.63) is 12.2 Å². The van der Waals surface area contributed by atoms with E-state index < -0.39 is 0 Å². The summed E-state index contributed by atoms with van der Waals surface area (Å²) in [6, 6.07) is 0.0422. The molecule has 3 nitrogen and oxygen atoms in total. The van der Waals surface area contributed by atoms with Gasteiger partial charge in [-0.05, 0) is 31.6 Å². The largest absolute Gasteiger partial charge is 0.278 e. The van der Waals surface area contributed by atoms with E-state index in [2.05, 4.69) is 34.7 Å². The number of carbonyl (C=O) groups is 2. The normalized spacial score (nSPS) is 40.9. The van der Waals surface area contributed by atoms with Gasteiger partial charge in [0.2, 0.25) is 11.8 Å². The van der Waals surface area contributed by atoms with E-state index in [-0.39, 0.29) is 29.7 Å². The van der Waals surface area contributed by atoms with Gasteiger partial charge in [0.1, 0.15) is 0 Å². The first-order valence-electron chi connectivity index (χ1n) is 6.26. The molecule has 17 heavy (non-hydrogen) atoms. The third-order valence-corrected chi connectivity index (χ3v) is 5.73. The number of fused-ring (bicyclic) bond motifs is 1. The van der Waals surface area contributed by atoms with Crippen LogP contribution in [0.4, 0.5) is 0 Å². The van der Waals surface area contributed by atoms with Gasteiger partial charge in [0.25, 0.3) is 0 Å². The Kier molecular flexibility index (Phi) is 2.80. The lowest BCUT2D eigenvalue weighted by Crippen LogP contribution is -2.40. The summed E-state index contributed by atoms with van der Waals surface area (Å²) < 4.78 is 0.817. The minimum atomic E-state index is -0.0448. The first kappa shape index (κ1) is 11.7. The van der Waals surface area contributed by atoms with Gasteiger partial charge in [-0.25, -0.2) is 0 Å². The number of hydrogen-bond acceptors (Lipinski definition) is 2. The van der Waals surface area contributed by atoms with Gasteiger partial charge in [-0.2, -0.15) is 0 Å². The van der Waals surface area contributed by atoms with E-state index in [1.54, 1.807) is 4.90 Å². The van der Waals surface area contributed by atoms with Crippen LogP contribution in [0.1, 0.15) is 19.8 Å². The Morgan fingerprint density at radius 1 is 1.24 bits per heavy atom. The number of nitrogens with zero attached hydrogens (tertiary/aromatic N) is 1. The van der Waals surface area contributed by atoms with E-state index in [0.717, 1.165) is 17.3 Å². The van der Waals surface area contributed by atoms with Gasteiger partial charge in [-0.3, -0.25) is 14.5 Å². The Bertz CT molecular complexity index is 374. The summed E-state index contributed by atoms with van der Waals surface area (Å²) in [7, 11) is 0. The molecule has 1 saturated heterocycles. The van der Waals surface area contributed by atoms with Crippen molar-refractivity contribution in [3.63, 3.8) is 0 Å². The highest BCUT2D eigenvalue weighted by molar-refractivity contribution is 14.1. The van der Waals surface area contributed by atoms with Crippen molar-refractivity contribution in [2.24, 2.45) is 23.7 Å². The summed E-state index contributed by atoms with van der Waals surface area (Å²) in [5, 5.41) is 0. The molecule has 2 bridgehead atoms. The Morgan fingerprint density at radius 2 is 1.71 bits per heavy atom. The van der Waals surface area contributed by atoms with E-state index in [9.17, 15) is 9.59 Å². The number of allylic oxidation sites excluding steroid dienone is 2. The number of likely N-dealkylation sites (tertiary alicyclic amines) is 1. The quantitative estimate of drug-likeness (QED) is 0.332. The summed E-state index contributed by atoms with van der Waals surface area (Å²) in [5.41, 5.74) is 0. The zero-order valence-electron chi connectivity index (χ0n) is 9.80. The van der Waals surface area contributed by atoms with Crippen molar-refractivity contribution in [2.75, 3.05) is 4.43 Å². The molecule has 4 aliphatic rings. The van der Waals surface area contributed by atoms with Crippen LogP contribution in [0, 0.1) is 23.7 Å². The number of carbonyl (C=O) groups excluding carboxylic acids is 2. The number of alkyl halides is 1. The molecule has 5 atom stereocenters. The van der Waals surface area contributed by atoms with Crippen molar-refractivity contribution >= 4 is 34.4 Å². The van der Waals surface area contributed by atoms with Crippen LogP contribution in [0.15, 0.2) is 12.2 Å². The maximum Gasteiger partial charge on any atom is 0.233 e. The molecular weight excluding hydrogens is 329 g/mol. The zero-order valence-corrected chi connectivity index (χ0v) is 12.0. The Morgan fingerprint density at radius 3 is 2.06 bits per heavy atom. The lowest BCUT2D eigenvalue weighted by atomic mass is 9.63. The number of amides is 2. The summed E-state index contributed by atoms with van der Waals surface area (Å²) in [6.07, 6.45) is 6.49. The van der Waals surface area contributed by atoms with Gasteiger partial charge in [-0.15, -0.1) is 0 Å². The highest BCUT2D eigenvalue weighted by Gasteiger charge is 2.57. The highest BCUT2D eigenvalue weighted by Crippen LogP contribution is 2.49. The van der Waals surface area contributed by atoms with Gasteiger partial charge >= 0.3 is 0 Å². The lowest BCUT2D eigenvalue weighted by molar-refractivity contribution is -0.141. The summed E-state index contributed by atoms with van der Waals surface area (Å²) in [4.78, 5) is 26.4. The lowest BCUT2D eigenvalue weighted by Gasteiger charge is -2.38. The average molecular weight is 345 g/mol. The van der Waals surface area contributed by atoms with Crippen molar-refractivity contribution in [3.8, 4) is 0 Å². The third kappa shape index (κ3) is 1.52. The highest BCUT2D eigenvalue weighted by atomic mass is 127. The molecule has 0 spiro atoms. The van der Waals surface area contributed by atoms with Crippen LogP contribution in [0.25, 0.3) is 0 Å². The molecule has 3 aliphatic carbocycles. The summed E-state index contributed by atoms with van der Waals surface area (Å²) in [6.45, 7) is 1.97. The minimum absolute atomic E-state index is 0.0422. The van der Waals surface area contributed by atoms with Crippen LogP contribution in [0.2, 0.25) is 0 Å². The molecular formula is C13H16INO2. The number of hydrogen-bond donors (Lipinski definition) is 0. The van der Waals surface area contributed by atoms with Crippen LogP contribution in [0.3, 0.4) is 0 Å². The molecule has 1 heterocycles. The summed E-state index contributed by atoms with van der Waals surface area (Å²) >= 11 is 2.24. The zero-order chi connectivity index (χ0) is 12.2. The Hall–Kier alpha value is -0.390. The molecule has 5 unspecified atom stereocenters. The standard InChI is InChI=1S/C13H16INO2/c1-7(6-14)15-12(16)10-8-2-3-9(5-4-8)11(10)13(15)17/h2-3,7-11H,4-6H2,1H3. The molecule has 4 heteroatoms. The molecule has 2 amide bonds. The molecule has 0 aromatic carbocycles. The SMILES string of the molecule is CC(CI)N1C(=O)C2C3C=CC(CC3)C2C1=O. The fourth-order valence-electron chi connectivity index (χ4n) is 3.60. The second-order valence-corrected chi connectivity index (χ2v) is 6.27. The maximum atomic E-state index is 12.4. The second-order valence-electron chi connectivity index (χ2n) is 5.39. The van der Waals surface area contributed by atoms with Crippen LogP contribution in [-0.2, 0) is 9.59 Å². The second kappa shape index (κ2) is 4.07. The first-order valence-corrected chi connectivity index (χ1v) is 7.79. The van der Waals surface area contributed by atoms with Crippen LogP contribution < -0.4 is 0 Å². The fourth-order valence-corrected chi connectivity index (χ4v) is 3.99. The van der Waals surface area contributed by atoms with E-state index in [4.69, 9.17) is 0 Å². The predicted molar refractivity (Wildman–Crippen MR) is 72.5 cm³/mol. The topological polar surface area (TPSA) is 37.4 Å². The van der Waals surface area contributed by atoms with Crippen LogP contribution >= 0.6 is 22.6 Å². The maximum absolute atomic E-state index is 12.4. The summed E-state index contributed by atoms with van der Waals surface area (Å²) in [5.74, 6) is 0.709. The Balaban J connectivity index is 1.96. The van der Waals surface area contributed by atoms with Crippen molar-refractivity contribution in [2.45, 2.75) is 25.8 Å². The van der Waals surface area contributed by atoms with E-state index in [1.165, 1.54) is 0 Å². The molecule has 1 saturated carbocycles. The van der Waals surface area contributed by atoms with Gasteiger partial charge in [-0.1, -0.05) is 34.7 Å². The number of imide groups is 1. The van der Waals surface area contributed by atoms with Crippen molar-refractivity contribution in [1.29, 1.82) is 0 Å². The van der Waals surface area contributed by atoms with E-state index >= 15 is 0 Å². The molecule has 92 valence electrons. The molecule has 1 aliphatic heterocycles. The minimum Gasteiger partial charge on any atom is -0.278 e. The van der Waals surface area contributed by atoms with E-state index in [1.807, 2.05) is 6.92 Å². The van der Waals surface area contributed by atoms with Crippen LogP contribution in [-0.4, -0.2) is 27.2 Å². The van der Waals surface area contributed by atoms with Crippen molar-refractivity contribution in [1.82, 2.24) is 4.90 Å². The monoisotopic (exact) mass is 345 g/mol. The van der Waals surface area contributed by atoms with Gasteiger partial charge < -0.3 is 0 Å². The third-order valence-electron chi connectivity index (χ3n) is 4.46. The molecule has 4 rings (SSSR count). The molecule has 0 radical (unpaired) electrons. The predicted octanol–water partition coefficient (Wildman–Crippen LogP) is 2.01. The molecule has 2 fully saturated rings. The fraction of sp³-hybridized carbons (Fsp3) is 0.692. The molecule has 0 aromatic rings. The van der Waals surface area contributed by atoms with Gasteiger partial charge in [0.15, 0.2) is 0 Å². The van der Waals surface area contributed by atoms with Crippen molar-refractivity contribution < 1.29 is 9.59 Å². The van der Waals surface area contributed by atoms with Crippen LogP contribution in [0.5, 0.6) is 0 Å². The van der Waals surface area contributed by atoms with Gasteiger partial charge in [0.05, 0.1) is 11.8 Å².